The molecule has 1 heterocycles. The smallest absolute Gasteiger partial charge is 0.0558 e. The van der Waals surface area contributed by atoms with Crippen LogP contribution in [-0.4, -0.2) is 4.57 Å². The van der Waals surface area contributed by atoms with Crippen LogP contribution in [0.5, 0.6) is 0 Å². The molecule has 0 bridgehead atoms. The van der Waals surface area contributed by atoms with E-state index in [1.54, 1.807) is 0 Å². The Morgan fingerprint density at radius 3 is 1.85 bits per heavy atom. The lowest BCUT2D eigenvalue weighted by molar-refractivity contribution is 0.660. The molecular weight excluding hydrogens is 641 g/mol. The molecule has 8 aromatic rings. The van der Waals surface area contributed by atoms with Gasteiger partial charge in [0, 0.05) is 44.8 Å². The summed E-state index contributed by atoms with van der Waals surface area (Å²) in [7, 11) is 0. The van der Waals surface area contributed by atoms with E-state index < -0.39 is 0 Å². The first-order chi connectivity index (χ1) is 26.1. The van der Waals surface area contributed by atoms with Crippen molar-refractivity contribution in [2.45, 2.75) is 46.0 Å². The summed E-state index contributed by atoms with van der Waals surface area (Å²) in [5, 5.41) is 1.30. The molecule has 0 spiro atoms. The van der Waals surface area contributed by atoms with Crippen LogP contribution in [0.4, 0.5) is 17.1 Å². The Morgan fingerprint density at radius 1 is 0.491 bits per heavy atom. The summed E-state index contributed by atoms with van der Waals surface area (Å²) in [5.41, 5.74) is 19.2. The number of aryl methyl sites for hydroxylation is 1. The van der Waals surface area contributed by atoms with Gasteiger partial charge in [0.05, 0.1) is 5.52 Å². The average Bonchev–Trinajstić information content (AvgIpc) is 3.68. The molecule has 2 nitrogen and oxygen atoms in total. The van der Waals surface area contributed by atoms with E-state index >= 15 is 0 Å². The second kappa shape index (κ2) is 13.1. The first-order valence-corrected chi connectivity index (χ1v) is 19.1. The number of fused-ring (bicyclic) bond motifs is 8. The fraction of sp³-hybridized carbons (Fsp3) is 0.137. The van der Waals surface area contributed by atoms with Crippen LogP contribution in [0.3, 0.4) is 0 Å². The molecular formula is C51H44N2. The van der Waals surface area contributed by atoms with Crippen LogP contribution in [0.1, 0.15) is 50.1 Å². The zero-order valence-corrected chi connectivity index (χ0v) is 31.0. The van der Waals surface area contributed by atoms with Crippen LogP contribution >= 0.6 is 0 Å². The monoisotopic (exact) mass is 684 g/mol. The summed E-state index contributed by atoms with van der Waals surface area (Å²) in [4.78, 5) is 2.45. The summed E-state index contributed by atoms with van der Waals surface area (Å²) < 4.78 is 2.52. The minimum Gasteiger partial charge on any atom is -0.313 e. The van der Waals surface area contributed by atoms with Crippen molar-refractivity contribution in [3.8, 4) is 39.1 Å². The topological polar surface area (TPSA) is 8.17 Å². The number of nitrogens with zero attached hydrogens (tertiary/aromatic N) is 2. The van der Waals surface area contributed by atoms with Gasteiger partial charge in [0.25, 0.3) is 0 Å². The van der Waals surface area contributed by atoms with Gasteiger partial charge in [-0.15, -0.1) is 0 Å². The van der Waals surface area contributed by atoms with Gasteiger partial charge in [-0.25, -0.2) is 0 Å². The molecule has 2 heteroatoms. The number of hydrogen-bond acceptors (Lipinski definition) is 1. The van der Waals surface area contributed by atoms with E-state index in [4.69, 9.17) is 0 Å². The second-order valence-electron chi connectivity index (χ2n) is 14.5. The highest BCUT2D eigenvalue weighted by atomic mass is 15.1. The molecule has 1 aromatic heterocycles. The fourth-order valence-electron chi connectivity index (χ4n) is 8.82. The molecule has 0 fully saturated rings. The van der Waals surface area contributed by atoms with Crippen molar-refractivity contribution < 1.29 is 0 Å². The third kappa shape index (κ3) is 5.32. The molecule has 0 saturated carbocycles. The molecule has 0 saturated heterocycles. The summed E-state index contributed by atoms with van der Waals surface area (Å²) in [5.74, 6) is 0. The molecule has 0 aliphatic heterocycles. The Morgan fingerprint density at radius 2 is 1.08 bits per heavy atom. The molecule has 2 aliphatic carbocycles. The zero-order chi connectivity index (χ0) is 36.1. The summed E-state index contributed by atoms with van der Waals surface area (Å²) in [6.07, 6.45) is 2.06. The van der Waals surface area contributed by atoms with E-state index in [1.807, 2.05) is 13.8 Å². The molecule has 258 valence electrons. The van der Waals surface area contributed by atoms with E-state index in [9.17, 15) is 0 Å². The molecule has 0 radical (unpaired) electrons. The Kier molecular flexibility index (Phi) is 8.12. The van der Waals surface area contributed by atoms with Crippen molar-refractivity contribution in [1.82, 2.24) is 4.57 Å². The van der Waals surface area contributed by atoms with E-state index in [2.05, 4.69) is 193 Å². The first-order valence-electron chi connectivity index (χ1n) is 19.1. The van der Waals surface area contributed by atoms with Crippen LogP contribution in [0.25, 0.3) is 50.0 Å². The predicted octanol–water partition coefficient (Wildman–Crippen LogP) is 13.9. The van der Waals surface area contributed by atoms with Gasteiger partial charge in [-0.2, -0.15) is 0 Å². The Bertz CT molecular complexity index is 2590. The van der Waals surface area contributed by atoms with Crippen molar-refractivity contribution in [2.75, 3.05) is 4.90 Å². The lowest BCUT2D eigenvalue weighted by atomic mass is 9.82. The molecule has 0 N–H and O–H groups in total. The van der Waals surface area contributed by atoms with Gasteiger partial charge in [-0.1, -0.05) is 149 Å². The van der Waals surface area contributed by atoms with Crippen molar-refractivity contribution in [1.29, 1.82) is 0 Å². The Balaban J connectivity index is 0.00000183. The lowest BCUT2D eigenvalue weighted by Crippen LogP contribution is -2.16. The van der Waals surface area contributed by atoms with Crippen LogP contribution in [0.15, 0.2) is 170 Å². The van der Waals surface area contributed by atoms with Crippen LogP contribution in [-0.2, 0) is 18.3 Å². The third-order valence-electron chi connectivity index (χ3n) is 11.3. The molecule has 10 rings (SSSR count). The third-order valence-corrected chi connectivity index (χ3v) is 11.3. The predicted molar refractivity (Wildman–Crippen MR) is 225 cm³/mol. The van der Waals surface area contributed by atoms with E-state index in [1.165, 1.54) is 72.4 Å². The Labute approximate surface area is 313 Å². The van der Waals surface area contributed by atoms with Crippen molar-refractivity contribution >= 4 is 28.0 Å². The molecule has 0 amide bonds. The normalized spacial score (nSPS) is 13.3. The number of rotatable bonds is 5. The minimum atomic E-state index is -0.0941. The van der Waals surface area contributed by atoms with Crippen molar-refractivity contribution in [3.63, 3.8) is 0 Å². The number of hydrogen-bond donors (Lipinski definition) is 0. The van der Waals surface area contributed by atoms with Crippen LogP contribution in [0.2, 0.25) is 0 Å². The Hall–Kier alpha value is -6.12. The fourth-order valence-corrected chi connectivity index (χ4v) is 8.82. The highest BCUT2D eigenvalue weighted by Crippen LogP contribution is 2.51. The van der Waals surface area contributed by atoms with Crippen molar-refractivity contribution in [2.24, 2.45) is 0 Å². The maximum Gasteiger partial charge on any atom is 0.0558 e. The molecule has 7 aromatic carbocycles. The van der Waals surface area contributed by atoms with Gasteiger partial charge in [0.2, 0.25) is 0 Å². The van der Waals surface area contributed by atoms with Crippen LogP contribution < -0.4 is 4.90 Å². The number of para-hydroxylation sites is 1. The SMILES string of the molecule is CC.CC1(C)c2ccccc2-c2ccc(N(c3ccc(-c4ccccc4)cc3)c3ccc4c5c(n(-c6ccccc6)c4c3)CCc3ccccc3-5)cc21. The highest BCUT2D eigenvalue weighted by Gasteiger charge is 2.36. The minimum absolute atomic E-state index is 0.0941. The summed E-state index contributed by atoms with van der Waals surface area (Å²) in [6.45, 7) is 8.73. The van der Waals surface area contributed by atoms with Crippen molar-refractivity contribution in [3.05, 3.63) is 192 Å². The standard InChI is InChI=1S/C49H38N2.C2H6/c1-49(2)44-20-12-11-19-41(44)42-28-26-38(31-45(42)49)50(37-24-21-34(22-25-37)33-13-5-3-6-14-33)39-27-29-43-47(32-39)51(36-16-7-4-8-17-36)46-30-23-35-15-9-10-18-40(35)48(43)46;1-2/h3-22,24-29,31-32H,23,30H2,1-2H3;1-2H3. The van der Waals surface area contributed by atoms with Gasteiger partial charge < -0.3 is 9.47 Å². The maximum atomic E-state index is 2.52. The van der Waals surface area contributed by atoms with Gasteiger partial charge >= 0.3 is 0 Å². The van der Waals surface area contributed by atoms with E-state index in [0.717, 1.165) is 29.9 Å². The second-order valence-corrected chi connectivity index (χ2v) is 14.5. The molecule has 2 aliphatic rings. The number of benzene rings is 7. The first kappa shape index (κ1) is 32.8. The maximum absolute atomic E-state index is 2.52. The van der Waals surface area contributed by atoms with E-state index in [-0.39, 0.29) is 5.41 Å². The number of aromatic nitrogens is 1. The van der Waals surface area contributed by atoms with Crippen LogP contribution in [0, 0.1) is 0 Å². The van der Waals surface area contributed by atoms with Gasteiger partial charge in [0.15, 0.2) is 0 Å². The van der Waals surface area contributed by atoms with Gasteiger partial charge in [-0.05, 0) is 106 Å². The zero-order valence-electron chi connectivity index (χ0n) is 31.0. The highest BCUT2D eigenvalue weighted by molar-refractivity contribution is 6.03. The molecule has 0 unspecified atom stereocenters. The largest absolute Gasteiger partial charge is 0.313 e. The number of anilines is 3. The lowest BCUT2D eigenvalue weighted by Gasteiger charge is -2.28. The summed E-state index contributed by atoms with van der Waals surface area (Å²) >= 11 is 0. The van der Waals surface area contributed by atoms with Gasteiger partial charge in [0.1, 0.15) is 0 Å². The molecule has 0 atom stereocenters. The summed E-state index contributed by atoms with van der Waals surface area (Å²) in [6, 6.07) is 62.7. The average molecular weight is 685 g/mol. The van der Waals surface area contributed by atoms with Gasteiger partial charge in [-0.3, -0.25) is 0 Å². The molecule has 53 heavy (non-hydrogen) atoms. The van der Waals surface area contributed by atoms with E-state index in [0.29, 0.717) is 0 Å². The quantitative estimate of drug-likeness (QED) is 0.175.